The molecule has 3 heterocycles. The highest BCUT2D eigenvalue weighted by Crippen LogP contribution is 2.40. The fourth-order valence-electron chi connectivity index (χ4n) is 2.98. The summed E-state index contributed by atoms with van der Waals surface area (Å²) < 4.78 is 1.29. The Hall–Kier alpha value is -2.89. The second kappa shape index (κ2) is 7.02. The van der Waals surface area contributed by atoms with Gasteiger partial charge in [-0.05, 0) is 12.5 Å². The average Bonchev–Trinajstić information content (AvgIpc) is 3.07. The van der Waals surface area contributed by atoms with Gasteiger partial charge in [-0.2, -0.15) is 5.10 Å². The molecule has 0 saturated carbocycles. The molecule has 11 nitrogen and oxygen atoms in total. The predicted octanol–water partition coefficient (Wildman–Crippen LogP) is 0.186. The van der Waals surface area contributed by atoms with E-state index in [9.17, 15) is 29.6 Å². The highest BCUT2D eigenvalue weighted by molar-refractivity contribution is 8.00. The Morgan fingerprint density at radius 2 is 2.26 bits per heavy atom. The Kier molecular flexibility index (Phi) is 4.91. The molecule has 3 rings (SSSR count). The summed E-state index contributed by atoms with van der Waals surface area (Å²) in [5, 5.41) is 26.0. The highest BCUT2D eigenvalue weighted by Gasteiger charge is 2.53. The summed E-state index contributed by atoms with van der Waals surface area (Å²) in [6.07, 6.45) is 2.32. The van der Waals surface area contributed by atoms with Crippen molar-refractivity contribution >= 4 is 35.2 Å². The zero-order valence-corrected chi connectivity index (χ0v) is 15.3. The molecule has 0 radical (unpaired) electrons. The molecule has 2 aliphatic heterocycles. The Balaban J connectivity index is 1.62. The van der Waals surface area contributed by atoms with Crippen molar-refractivity contribution in [3.63, 3.8) is 0 Å². The molecule has 3 atom stereocenters. The summed E-state index contributed by atoms with van der Waals surface area (Å²) in [5.41, 5.74) is 0.413. The molecule has 0 bridgehead atoms. The average molecular weight is 395 g/mol. The lowest BCUT2D eigenvalue weighted by Crippen LogP contribution is -2.70. The van der Waals surface area contributed by atoms with Crippen LogP contribution in [-0.2, 0) is 20.9 Å². The van der Waals surface area contributed by atoms with Crippen LogP contribution in [0, 0.1) is 16.0 Å². The molecule has 1 fully saturated rings. The number of amides is 2. The smallest absolute Gasteiger partial charge is 0.352 e. The van der Waals surface area contributed by atoms with E-state index in [2.05, 4.69) is 10.4 Å². The molecule has 27 heavy (non-hydrogen) atoms. The van der Waals surface area contributed by atoms with Crippen LogP contribution >= 0.6 is 11.8 Å². The van der Waals surface area contributed by atoms with Crippen molar-refractivity contribution in [1.29, 1.82) is 0 Å². The van der Waals surface area contributed by atoms with E-state index in [4.69, 9.17) is 0 Å². The predicted molar refractivity (Wildman–Crippen MR) is 93.4 cm³/mol. The van der Waals surface area contributed by atoms with E-state index in [1.165, 1.54) is 27.5 Å². The number of carbonyl (C=O) groups is 3. The lowest BCUT2D eigenvalue weighted by molar-refractivity contribution is -0.385. The molecule has 1 aromatic rings. The molecule has 1 saturated heterocycles. The first-order valence-electron chi connectivity index (χ1n) is 8.05. The third-order valence-electron chi connectivity index (χ3n) is 4.40. The lowest BCUT2D eigenvalue weighted by Gasteiger charge is -2.49. The van der Waals surface area contributed by atoms with Crippen molar-refractivity contribution in [2.24, 2.45) is 5.92 Å². The van der Waals surface area contributed by atoms with Gasteiger partial charge in [-0.3, -0.25) is 29.3 Å². The van der Waals surface area contributed by atoms with Crippen molar-refractivity contribution in [2.45, 2.75) is 31.8 Å². The number of thioether (sulfide) groups is 1. The Bertz CT molecular complexity index is 865. The quantitative estimate of drug-likeness (QED) is 0.394. The number of carboxylic acids is 1. The van der Waals surface area contributed by atoms with Gasteiger partial charge in [-0.15, -0.1) is 11.8 Å². The standard InChI is InChI=1S/C15H17N5O6S/c1-7(4-18-5-9(3-16-18)20(25)26)12(21)17-10-13(22)19-11(15(23)24)8(2)6-27-14(10)19/h3,5,7,10,14H,4,6H2,1-2H3,(H,17,21)(H,23,24)/t7-,10-,14+/m0/s1. The van der Waals surface area contributed by atoms with Crippen molar-refractivity contribution < 1.29 is 24.4 Å². The number of carbonyl (C=O) groups excluding carboxylic acids is 2. The number of nitrogens with one attached hydrogen (secondary N) is 1. The van der Waals surface area contributed by atoms with E-state index in [1.54, 1.807) is 13.8 Å². The fourth-order valence-corrected chi connectivity index (χ4v) is 4.27. The molecule has 12 heteroatoms. The van der Waals surface area contributed by atoms with Gasteiger partial charge in [0.05, 0.1) is 17.4 Å². The first-order valence-corrected chi connectivity index (χ1v) is 9.10. The fraction of sp³-hybridized carbons (Fsp3) is 0.467. The van der Waals surface area contributed by atoms with Crippen LogP contribution in [0.4, 0.5) is 5.69 Å². The van der Waals surface area contributed by atoms with Crippen molar-refractivity contribution in [1.82, 2.24) is 20.0 Å². The Labute approximate surface area is 157 Å². The van der Waals surface area contributed by atoms with Gasteiger partial charge in [0.15, 0.2) is 0 Å². The van der Waals surface area contributed by atoms with Crippen LogP contribution < -0.4 is 5.32 Å². The van der Waals surface area contributed by atoms with Gasteiger partial charge in [-0.1, -0.05) is 6.92 Å². The van der Waals surface area contributed by atoms with Crippen LogP contribution in [0.5, 0.6) is 0 Å². The number of β-lactam (4-membered cyclic amide) rings is 1. The van der Waals surface area contributed by atoms with Crippen molar-refractivity contribution in [3.8, 4) is 0 Å². The third-order valence-corrected chi connectivity index (χ3v) is 5.82. The maximum absolute atomic E-state index is 12.4. The lowest BCUT2D eigenvalue weighted by atomic mass is 10.0. The zero-order valence-electron chi connectivity index (χ0n) is 14.5. The second-order valence-electron chi connectivity index (χ2n) is 6.41. The third kappa shape index (κ3) is 3.39. The first kappa shape index (κ1) is 18.9. The van der Waals surface area contributed by atoms with E-state index in [-0.39, 0.29) is 17.9 Å². The normalized spacial score (nSPS) is 22.7. The Morgan fingerprint density at radius 3 is 2.85 bits per heavy atom. The molecule has 144 valence electrons. The largest absolute Gasteiger partial charge is 0.477 e. The first-order chi connectivity index (χ1) is 12.7. The molecule has 2 amide bonds. The minimum absolute atomic E-state index is 0.0221. The SMILES string of the molecule is CC1=C(C(=O)O)N2C(=O)[C@H](NC(=O)[C@@H](C)Cn3cc([N+](=O)[O-])cn3)[C@H]2SC1. The minimum Gasteiger partial charge on any atom is -0.477 e. The summed E-state index contributed by atoms with van der Waals surface area (Å²) in [6.45, 7) is 3.39. The van der Waals surface area contributed by atoms with E-state index >= 15 is 0 Å². The zero-order chi connectivity index (χ0) is 19.9. The number of nitrogens with zero attached hydrogens (tertiary/aromatic N) is 4. The summed E-state index contributed by atoms with van der Waals surface area (Å²) in [5.74, 6) is -2.15. The molecule has 0 spiro atoms. The number of aromatic nitrogens is 2. The summed E-state index contributed by atoms with van der Waals surface area (Å²) in [6, 6.07) is -0.792. The van der Waals surface area contributed by atoms with Crippen LogP contribution in [0.2, 0.25) is 0 Å². The minimum atomic E-state index is -1.16. The molecule has 0 unspecified atom stereocenters. The maximum Gasteiger partial charge on any atom is 0.352 e. The van der Waals surface area contributed by atoms with Crippen LogP contribution in [0.3, 0.4) is 0 Å². The molecule has 0 aliphatic carbocycles. The summed E-state index contributed by atoms with van der Waals surface area (Å²) in [4.78, 5) is 47.4. The van der Waals surface area contributed by atoms with Gasteiger partial charge in [0.1, 0.15) is 29.5 Å². The van der Waals surface area contributed by atoms with Crippen LogP contribution in [-0.4, -0.2) is 59.7 Å². The van der Waals surface area contributed by atoms with E-state index < -0.39 is 40.0 Å². The topological polar surface area (TPSA) is 148 Å². The van der Waals surface area contributed by atoms with E-state index in [0.29, 0.717) is 11.3 Å². The van der Waals surface area contributed by atoms with Crippen molar-refractivity contribution in [3.05, 3.63) is 33.8 Å². The highest BCUT2D eigenvalue weighted by atomic mass is 32.2. The molecule has 2 N–H and O–H groups in total. The number of hydrogen-bond donors (Lipinski definition) is 2. The van der Waals surface area contributed by atoms with Gasteiger partial charge >= 0.3 is 11.7 Å². The summed E-state index contributed by atoms with van der Waals surface area (Å²) in [7, 11) is 0. The van der Waals surface area contributed by atoms with Crippen LogP contribution in [0.15, 0.2) is 23.7 Å². The molecule has 0 aromatic carbocycles. The number of carboxylic acid groups (broad SMARTS) is 1. The number of rotatable bonds is 6. The van der Waals surface area contributed by atoms with Gasteiger partial charge in [0, 0.05) is 5.75 Å². The Morgan fingerprint density at radius 1 is 1.56 bits per heavy atom. The van der Waals surface area contributed by atoms with Gasteiger partial charge < -0.3 is 10.4 Å². The molecular formula is C15H17N5O6S. The molecule has 1 aromatic heterocycles. The molecule has 2 aliphatic rings. The maximum atomic E-state index is 12.4. The second-order valence-corrected chi connectivity index (χ2v) is 7.51. The van der Waals surface area contributed by atoms with Gasteiger partial charge in [0.2, 0.25) is 5.91 Å². The summed E-state index contributed by atoms with van der Waals surface area (Å²) >= 11 is 1.39. The monoisotopic (exact) mass is 395 g/mol. The number of fused-ring (bicyclic) bond motifs is 1. The number of hydrogen-bond acceptors (Lipinski definition) is 7. The van der Waals surface area contributed by atoms with E-state index in [1.807, 2.05) is 0 Å². The number of aliphatic carboxylic acids is 1. The van der Waals surface area contributed by atoms with Crippen LogP contribution in [0.1, 0.15) is 13.8 Å². The van der Waals surface area contributed by atoms with Gasteiger partial charge in [0.25, 0.3) is 5.91 Å². The number of nitro groups is 1. The molecular weight excluding hydrogens is 378 g/mol. The van der Waals surface area contributed by atoms with Crippen molar-refractivity contribution in [2.75, 3.05) is 5.75 Å². The van der Waals surface area contributed by atoms with E-state index in [0.717, 1.165) is 6.20 Å². The van der Waals surface area contributed by atoms with Crippen LogP contribution in [0.25, 0.3) is 0 Å². The van der Waals surface area contributed by atoms with Gasteiger partial charge in [-0.25, -0.2) is 4.79 Å².